The number of nitrogens with zero attached hydrogens (tertiary/aromatic N) is 5. The highest BCUT2D eigenvalue weighted by molar-refractivity contribution is 5.57. The molecule has 0 spiro atoms. The minimum absolute atomic E-state index is 0.143. The fourth-order valence-corrected chi connectivity index (χ4v) is 2.61. The van der Waals surface area contributed by atoms with E-state index in [1.807, 2.05) is 0 Å². The maximum absolute atomic E-state index is 5.74. The Balaban J connectivity index is 1.86. The van der Waals surface area contributed by atoms with Crippen LogP contribution >= 0.6 is 0 Å². The van der Waals surface area contributed by atoms with Crippen LogP contribution in [-0.4, -0.2) is 58.7 Å². The molecule has 2 aromatic rings. The van der Waals surface area contributed by atoms with Gasteiger partial charge in [0.25, 0.3) is 5.89 Å². The molecule has 0 bridgehead atoms. The fraction of sp³-hybridized carbons (Fsp3) is 0.500. The van der Waals surface area contributed by atoms with Crippen LogP contribution in [0.3, 0.4) is 0 Å². The van der Waals surface area contributed by atoms with Gasteiger partial charge in [-0.15, -0.1) is 0 Å². The van der Waals surface area contributed by atoms with Crippen LogP contribution < -0.4 is 5.73 Å². The number of hydrogen-bond donors (Lipinski definition) is 1. The molecule has 0 saturated carbocycles. The van der Waals surface area contributed by atoms with E-state index in [2.05, 4.69) is 39.0 Å². The summed E-state index contributed by atoms with van der Waals surface area (Å²) < 4.78 is 5.38. The van der Waals surface area contributed by atoms with E-state index >= 15 is 0 Å². The number of hydrogen-bond acceptors (Lipinski definition) is 7. The summed E-state index contributed by atoms with van der Waals surface area (Å²) in [4.78, 5) is 13.2. The summed E-state index contributed by atoms with van der Waals surface area (Å²) in [5.74, 6) is 1.17. The molecule has 0 amide bonds. The number of nitrogens with two attached hydrogens (primary N) is 1. The average Bonchev–Trinajstić information content (AvgIpc) is 2.87. The normalized spacial score (nSPS) is 21.3. The number of likely N-dealkylation sites (N-methyl/N-ethyl adjacent to an activating group) is 2. The minimum atomic E-state index is 0.143. The summed E-state index contributed by atoms with van der Waals surface area (Å²) in [5, 5.41) is 4.15. The van der Waals surface area contributed by atoms with Crippen molar-refractivity contribution in [3.05, 3.63) is 24.3 Å². The zero-order valence-electron chi connectivity index (χ0n) is 12.4. The van der Waals surface area contributed by atoms with Crippen molar-refractivity contribution in [1.82, 2.24) is 24.9 Å². The number of rotatable bonds is 2. The van der Waals surface area contributed by atoms with Crippen LogP contribution in [0.4, 0.5) is 5.69 Å². The highest BCUT2D eigenvalue weighted by atomic mass is 16.5. The minimum Gasteiger partial charge on any atom is -0.397 e. The average molecular weight is 288 g/mol. The smallest absolute Gasteiger partial charge is 0.259 e. The Morgan fingerprint density at radius 3 is 2.95 bits per heavy atom. The SMILES string of the molecule is CN1CCCN(C)C(c2noc(-c3cncc(N)c3)n2)C1. The zero-order valence-corrected chi connectivity index (χ0v) is 12.4. The van der Waals surface area contributed by atoms with Crippen LogP contribution in [-0.2, 0) is 0 Å². The Morgan fingerprint density at radius 1 is 1.29 bits per heavy atom. The van der Waals surface area contributed by atoms with E-state index in [4.69, 9.17) is 10.3 Å². The largest absolute Gasteiger partial charge is 0.397 e. The number of pyridine rings is 1. The van der Waals surface area contributed by atoms with Crippen molar-refractivity contribution in [1.29, 1.82) is 0 Å². The second kappa shape index (κ2) is 5.79. The van der Waals surface area contributed by atoms with Gasteiger partial charge in [0.1, 0.15) is 0 Å². The third-order valence-electron chi connectivity index (χ3n) is 3.81. The third-order valence-corrected chi connectivity index (χ3v) is 3.81. The van der Waals surface area contributed by atoms with Gasteiger partial charge in [-0.1, -0.05) is 5.16 Å². The van der Waals surface area contributed by atoms with Gasteiger partial charge in [-0.05, 0) is 39.7 Å². The molecule has 1 saturated heterocycles. The van der Waals surface area contributed by atoms with Crippen molar-refractivity contribution in [2.75, 3.05) is 39.5 Å². The highest BCUT2D eigenvalue weighted by Crippen LogP contribution is 2.24. The molecule has 1 aliphatic heterocycles. The molecular formula is C14H20N6O. The summed E-state index contributed by atoms with van der Waals surface area (Å²) in [5.41, 5.74) is 7.07. The lowest BCUT2D eigenvalue weighted by Gasteiger charge is -2.24. The molecule has 112 valence electrons. The molecule has 2 N–H and O–H groups in total. The van der Waals surface area contributed by atoms with Crippen molar-refractivity contribution in [3.63, 3.8) is 0 Å². The van der Waals surface area contributed by atoms with E-state index in [9.17, 15) is 0 Å². The van der Waals surface area contributed by atoms with Crippen molar-refractivity contribution in [3.8, 4) is 11.5 Å². The predicted molar refractivity (Wildman–Crippen MR) is 79.4 cm³/mol. The number of aromatic nitrogens is 3. The monoisotopic (exact) mass is 288 g/mol. The summed E-state index contributed by atoms with van der Waals surface area (Å²) >= 11 is 0. The maximum Gasteiger partial charge on any atom is 0.259 e. The van der Waals surface area contributed by atoms with Gasteiger partial charge in [0.05, 0.1) is 17.3 Å². The van der Waals surface area contributed by atoms with Crippen LogP contribution in [0.2, 0.25) is 0 Å². The molecule has 0 radical (unpaired) electrons. The van der Waals surface area contributed by atoms with Crippen molar-refractivity contribution in [2.24, 2.45) is 0 Å². The maximum atomic E-state index is 5.74. The molecule has 1 unspecified atom stereocenters. The molecule has 7 heteroatoms. The molecule has 0 aromatic carbocycles. The second-order valence-electron chi connectivity index (χ2n) is 5.58. The lowest BCUT2D eigenvalue weighted by atomic mass is 10.2. The number of nitrogen functional groups attached to an aromatic ring is 1. The van der Waals surface area contributed by atoms with Gasteiger partial charge in [-0.3, -0.25) is 9.88 Å². The molecule has 1 atom stereocenters. The first kappa shape index (κ1) is 14.0. The molecule has 1 fully saturated rings. The van der Waals surface area contributed by atoms with E-state index in [0.717, 1.165) is 31.6 Å². The Morgan fingerprint density at radius 2 is 2.14 bits per heavy atom. The van der Waals surface area contributed by atoms with Gasteiger partial charge in [-0.25, -0.2) is 0 Å². The summed E-state index contributed by atoms with van der Waals surface area (Å²) in [6.45, 7) is 3.01. The highest BCUT2D eigenvalue weighted by Gasteiger charge is 2.26. The van der Waals surface area contributed by atoms with Crippen molar-refractivity contribution in [2.45, 2.75) is 12.5 Å². The third kappa shape index (κ3) is 3.03. The Bertz CT molecular complexity index is 613. The molecule has 3 heterocycles. The molecule has 3 rings (SSSR count). The van der Waals surface area contributed by atoms with E-state index in [0.29, 0.717) is 17.4 Å². The Hall–Kier alpha value is -1.99. The second-order valence-corrected chi connectivity index (χ2v) is 5.58. The van der Waals surface area contributed by atoms with Crippen LogP contribution in [0, 0.1) is 0 Å². The topological polar surface area (TPSA) is 84.3 Å². The first-order valence-corrected chi connectivity index (χ1v) is 7.07. The summed E-state index contributed by atoms with van der Waals surface area (Å²) in [6, 6.07) is 1.93. The summed E-state index contributed by atoms with van der Waals surface area (Å²) in [6.07, 6.45) is 4.42. The van der Waals surface area contributed by atoms with Gasteiger partial charge >= 0.3 is 0 Å². The quantitative estimate of drug-likeness (QED) is 0.883. The van der Waals surface area contributed by atoms with E-state index in [-0.39, 0.29) is 6.04 Å². The predicted octanol–water partition coefficient (Wildman–Crippen LogP) is 1.02. The summed E-state index contributed by atoms with van der Waals surface area (Å²) in [7, 11) is 4.22. The van der Waals surface area contributed by atoms with Gasteiger partial charge < -0.3 is 15.2 Å². The first-order chi connectivity index (χ1) is 10.1. The van der Waals surface area contributed by atoms with Gasteiger partial charge in [0.2, 0.25) is 0 Å². The van der Waals surface area contributed by atoms with Crippen LogP contribution in [0.5, 0.6) is 0 Å². The lowest BCUT2D eigenvalue weighted by Crippen LogP contribution is -2.31. The van der Waals surface area contributed by atoms with Gasteiger partial charge in [0.15, 0.2) is 5.82 Å². The standard InChI is InChI=1S/C14H20N6O/c1-19-4-3-5-20(2)12(9-19)13-17-14(21-18-13)10-6-11(15)8-16-7-10/h6-8,12H,3-5,9,15H2,1-2H3. The molecular weight excluding hydrogens is 268 g/mol. The van der Waals surface area contributed by atoms with Gasteiger partial charge in [0, 0.05) is 18.9 Å². The van der Waals surface area contributed by atoms with Crippen molar-refractivity contribution >= 4 is 5.69 Å². The van der Waals surface area contributed by atoms with E-state index in [1.165, 1.54) is 0 Å². The van der Waals surface area contributed by atoms with Gasteiger partial charge in [-0.2, -0.15) is 4.98 Å². The molecule has 21 heavy (non-hydrogen) atoms. The van der Waals surface area contributed by atoms with Crippen molar-refractivity contribution < 1.29 is 4.52 Å². The molecule has 7 nitrogen and oxygen atoms in total. The Labute approximate surface area is 123 Å². The molecule has 2 aromatic heterocycles. The van der Waals surface area contributed by atoms with Crippen LogP contribution in [0.15, 0.2) is 23.0 Å². The molecule has 0 aliphatic carbocycles. The Kier molecular flexibility index (Phi) is 3.85. The van der Waals surface area contributed by atoms with E-state index < -0.39 is 0 Å². The van der Waals surface area contributed by atoms with E-state index in [1.54, 1.807) is 18.5 Å². The lowest BCUT2D eigenvalue weighted by molar-refractivity contribution is 0.215. The fourth-order valence-electron chi connectivity index (χ4n) is 2.61. The first-order valence-electron chi connectivity index (χ1n) is 7.07. The van der Waals surface area contributed by atoms with Crippen LogP contribution in [0.25, 0.3) is 11.5 Å². The number of anilines is 1. The molecule has 1 aliphatic rings. The zero-order chi connectivity index (χ0) is 14.8. The van der Waals surface area contributed by atoms with Crippen LogP contribution in [0.1, 0.15) is 18.3 Å².